The number of nitrogens with zero attached hydrogens (tertiary/aromatic N) is 4. The minimum absolute atomic E-state index is 0.531. The van der Waals surface area contributed by atoms with E-state index in [0.29, 0.717) is 23.8 Å². The Labute approximate surface area is 173 Å². The van der Waals surface area contributed by atoms with E-state index in [-0.39, 0.29) is 0 Å². The van der Waals surface area contributed by atoms with Gasteiger partial charge in [0.2, 0.25) is 0 Å². The highest BCUT2D eigenvalue weighted by Crippen LogP contribution is 2.35. The summed E-state index contributed by atoms with van der Waals surface area (Å²) in [5.74, 6) is 2.66. The van der Waals surface area contributed by atoms with Crippen LogP contribution in [-0.2, 0) is 6.42 Å². The van der Waals surface area contributed by atoms with Crippen LogP contribution < -0.4 is 14.8 Å². The van der Waals surface area contributed by atoms with Gasteiger partial charge in [0.05, 0.1) is 14.2 Å². The summed E-state index contributed by atoms with van der Waals surface area (Å²) in [5.41, 5.74) is 3.01. The van der Waals surface area contributed by atoms with Crippen molar-refractivity contribution in [1.82, 2.24) is 19.6 Å². The summed E-state index contributed by atoms with van der Waals surface area (Å²) in [4.78, 5) is 8.61. The molecule has 2 aromatic carbocycles. The van der Waals surface area contributed by atoms with Crippen LogP contribution >= 0.6 is 11.6 Å². The number of halogens is 1. The Hall–Kier alpha value is -3.32. The molecule has 0 aliphatic rings. The third-order valence-electron chi connectivity index (χ3n) is 4.62. The van der Waals surface area contributed by atoms with Crippen molar-refractivity contribution in [3.05, 3.63) is 65.6 Å². The maximum atomic E-state index is 5.97. The van der Waals surface area contributed by atoms with Crippen molar-refractivity contribution in [2.75, 3.05) is 26.1 Å². The van der Waals surface area contributed by atoms with E-state index in [9.17, 15) is 0 Å². The van der Waals surface area contributed by atoms with Gasteiger partial charge in [-0.2, -0.15) is 14.6 Å². The standard InChI is InChI=1S/C21H20ClN5O2/c1-28-18-8-5-15(11-19(18)29-2)17-12-24-21-25-13-26-27(21)20(17)23-10-9-14-3-6-16(22)7-4-14/h3-8,11-13,23H,9-10H2,1-2H3. The highest BCUT2D eigenvalue weighted by Gasteiger charge is 2.14. The van der Waals surface area contributed by atoms with Crippen LogP contribution in [0.25, 0.3) is 16.9 Å². The lowest BCUT2D eigenvalue weighted by atomic mass is 10.1. The van der Waals surface area contributed by atoms with Gasteiger partial charge in [-0.3, -0.25) is 0 Å². The lowest BCUT2D eigenvalue weighted by Crippen LogP contribution is -2.11. The summed E-state index contributed by atoms with van der Waals surface area (Å²) in [7, 11) is 3.23. The molecule has 148 valence electrons. The molecule has 2 aromatic heterocycles. The number of rotatable bonds is 7. The molecule has 0 aliphatic heterocycles. The zero-order valence-electron chi connectivity index (χ0n) is 16.1. The Morgan fingerprint density at radius 1 is 1.00 bits per heavy atom. The van der Waals surface area contributed by atoms with Gasteiger partial charge < -0.3 is 14.8 Å². The first-order valence-corrected chi connectivity index (χ1v) is 9.47. The number of aromatic nitrogens is 4. The van der Waals surface area contributed by atoms with Crippen LogP contribution in [0.5, 0.6) is 11.5 Å². The van der Waals surface area contributed by atoms with Crippen molar-refractivity contribution >= 4 is 23.2 Å². The second-order valence-corrected chi connectivity index (χ2v) is 6.80. The zero-order chi connectivity index (χ0) is 20.2. The summed E-state index contributed by atoms with van der Waals surface area (Å²) in [6, 6.07) is 13.6. The fraction of sp³-hybridized carbons (Fsp3) is 0.190. The number of methoxy groups -OCH3 is 2. The van der Waals surface area contributed by atoms with E-state index in [1.165, 1.54) is 11.9 Å². The van der Waals surface area contributed by atoms with Crippen molar-refractivity contribution in [3.63, 3.8) is 0 Å². The Morgan fingerprint density at radius 3 is 2.55 bits per heavy atom. The third kappa shape index (κ3) is 3.95. The fourth-order valence-corrected chi connectivity index (χ4v) is 3.27. The zero-order valence-corrected chi connectivity index (χ0v) is 16.8. The molecule has 7 nitrogen and oxygen atoms in total. The predicted molar refractivity (Wildman–Crippen MR) is 113 cm³/mol. The second kappa shape index (κ2) is 8.36. The van der Waals surface area contributed by atoms with Crippen molar-refractivity contribution < 1.29 is 9.47 Å². The molecule has 0 radical (unpaired) electrons. The van der Waals surface area contributed by atoms with E-state index < -0.39 is 0 Å². The molecule has 4 aromatic rings. The number of hydrogen-bond acceptors (Lipinski definition) is 6. The summed E-state index contributed by atoms with van der Waals surface area (Å²) in [6.07, 6.45) is 4.11. The molecule has 0 aliphatic carbocycles. The number of benzene rings is 2. The van der Waals surface area contributed by atoms with Gasteiger partial charge in [-0.15, -0.1) is 0 Å². The van der Waals surface area contributed by atoms with E-state index in [4.69, 9.17) is 21.1 Å². The molecule has 0 atom stereocenters. The van der Waals surface area contributed by atoms with Gasteiger partial charge >= 0.3 is 0 Å². The van der Waals surface area contributed by atoms with Crippen LogP contribution in [0.2, 0.25) is 5.02 Å². The van der Waals surface area contributed by atoms with Crippen LogP contribution in [0, 0.1) is 0 Å². The van der Waals surface area contributed by atoms with Gasteiger partial charge in [0, 0.05) is 23.3 Å². The Bertz CT molecular complexity index is 1130. The van der Waals surface area contributed by atoms with Gasteiger partial charge in [-0.25, -0.2) is 4.98 Å². The van der Waals surface area contributed by atoms with Gasteiger partial charge in [0.25, 0.3) is 5.78 Å². The van der Waals surface area contributed by atoms with Gasteiger partial charge in [0.1, 0.15) is 12.1 Å². The van der Waals surface area contributed by atoms with Crippen LogP contribution in [0.1, 0.15) is 5.56 Å². The Kier molecular flexibility index (Phi) is 5.48. The quantitative estimate of drug-likeness (QED) is 0.495. The van der Waals surface area contributed by atoms with E-state index >= 15 is 0 Å². The minimum Gasteiger partial charge on any atom is -0.493 e. The number of ether oxygens (including phenoxy) is 2. The molecule has 4 rings (SSSR count). The number of fused-ring (bicyclic) bond motifs is 1. The first-order valence-electron chi connectivity index (χ1n) is 9.09. The van der Waals surface area contributed by atoms with Gasteiger partial charge in [-0.05, 0) is 41.8 Å². The average molecular weight is 410 g/mol. The summed E-state index contributed by atoms with van der Waals surface area (Å²) < 4.78 is 12.5. The van der Waals surface area contributed by atoms with Crippen molar-refractivity contribution in [2.45, 2.75) is 6.42 Å². The smallest absolute Gasteiger partial charge is 0.254 e. The molecule has 0 bridgehead atoms. The highest BCUT2D eigenvalue weighted by molar-refractivity contribution is 6.30. The third-order valence-corrected chi connectivity index (χ3v) is 4.87. The molecular weight excluding hydrogens is 390 g/mol. The lowest BCUT2D eigenvalue weighted by Gasteiger charge is -2.15. The fourth-order valence-electron chi connectivity index (χ4n) is 3.14. The average Bonchev–Trinajstić information content (AvgIpc) is 3.24. The maximum Gasteiger partial charge on any atom is 0.254 e. The minimum atomic E-state index is 0.531. The molecule has 29 heavy (non-hydrogen) atoms. The van der Waals surface area contributed by atoms with Crippen LogP contribution in [0.4, 0.5) is 5.82 Å². The molecule has 1 N–H and O–H groups in total. The monoisotopic (exact) mass is 409 g/mol. The first-order chi connectivity index (χ1) is 14.2. The SMILES string of the molecule is COc1ccc(-c2cnc3ncnn3c2NCCc2ccc(Cl)cc2)cc1OC. The van der Waals surface area contributed by atoms with Crippen LogP contribution in [0.15, 0.2) is 55.0 Å². The molecule has 2 heterocycles. The summed E-state index contributed by atoms with van der Waals surface area (Å²) in [5, 5.41) is 8.54. The summed E-state index contributed by atoms with van der Waals surface area (Å²) >= 11 is 5.97. The topological polar surface area (TPSA) is 73.6 Å². The van der Waals surface area contributed by atoms with E-state index in [1.54, 1.807) is 24.9 Å². The largest absolute Gasteiger partial charge is 0.493 e. The molecule has 0 spiro atoms. The molecule has 0 saturated heterocycles. The van der Waals surface area contributed by atoms with Crippen molar-refractivity contribution in [3.8, 4) is 22.6 Å². The van der Waals surface area contributed by atoms with E-state index in [0.717, 1.165) is 28.4 Å². The van der Waals surface area contributed by atoms with Crippen LogP contribution in [-0.4, -0.2) is 40.3 Å². The first kappa shape index (κ1) is 19.0. The normalized spacial score (nSPS) is 10.9. The van der Waals surface area contributed by atoms with Crippen molar-refractivity contribution in [1.29, 1.82) is 0 Å². The lowest BCUT2D eigenvalue weighted by molar-refractivity contribution is 0.355. The number of anilines is 1. The molecule has 0 amide bonds. The van der Waals surface area contributed by atoms with E-state index in [2.05, 4.69) is 20.4 Å². The maximum absolute atomic E-state index is 5.97. The highest BCUT2D eigenvalue weighted by atomic mass is 35.5. The van der Waals surface area contributed by atoms with E-state index in [1.807, 2.05) is 42.5 Å². The number of hydrogen-bond donors (Lipinski definition) is 1. The van der Waals surface area contributed by atoms with Crippen LogP contribution in [0.3, 0.4) is 0 Å². The Balaban J connectivity index is 1.67. The molecular formula is C21H20ClN5O2. The Morgan fingerprint density at radius 2 is 1.79 bits per heavy atom. The molecule has 8 heteroatoms. The van der Waals surface area contributed by atoms with Crippen molar-refractivity contribution in [2.24, 2.45) is 0 Å². The predicted octanol–water partition coefficient (Wildman–Crippen LogP) is 4.12. The molecule has 0 saturated carbocycles. The molecule has 0 fully saturated rings. The van der Waals surface area contributed by atoms with Gasteiger partial charge in [0.15, 0.2) is 11.5 Å². The van der Waals surface area contributed by atoms with Gasteiger partial charge in [-0.1, -0.05) is 29.8 Å². The molecule has 0 unspecified atom stereocenters. The summed E-state index contributed by atoms with van der Waals surface area (Å²) in [6.45, 7) is 0.709. The second-order valence-electron chi connectivity index (χ2n) is 6.37. The number of nitrogens with one attached hydrogen (secondary N) is 1.